The van der Waals surface area contributed by atoms with Gasteiger partial charge in [0.05, 0.1) is 15.0 Å². The Morgan fingerprint density at radius 2 is 1.79 bits per heavy atom. The number of imide groups is 1. The van der Waals surface area contributed by atoms with Gasteiger partial charge in [-0.1, -0.05) is 47.0 Å². The predicted molar refractivity (Wildman–Crippen MR) is 136 cm³/mol. The van der Waals surface area contributed by atoms with E-state index in [0.29, 0.717) is 32.8 Å². The van der Waals surface area contributed by atoms with Crippen LogP contribution in [0.2, 0.25) is 10.0 Å². The number of hydrogen-bond acceptors (Lipinski definition) is 5. The van der Waals surface area contributed by atoms with Crippen LogP contribution in [0.1, 0.15) is 22.5 Å². The lowest BCUT2D eigenvalue weighted by molar-refractivity contribution is -0.127. The predicted octanol–water partition coefficient (Wildman–Crippen LogP) is 6.85. The van der Waals surface area contributed by atoms with E-state index in [4.69, 9.17) is 27.6 Å². The maximum Gasteiger partial charge on any atom is 0.294 e. The Morgan fingerprint density at radius 3 is 2.50 bits per heavy atom. The fourth-order valence-electron chi connectivity index (χ4n) is 3.73. The molecule has 9 heteroatoms. The molecule has 34 heavy (non-hydrogen) atoms. The molecule has 0 spiro atoms. The molecule has 0 aliphatic carbocycles. The molecule has 6 nitrogen and oxygen atoms in total. The molecule has 1 aliphatic heterocycles. The van der Waals surface area contributed by atoms with Crippen molar-refractivity contribution in [3.63, 3.8) is 0 Å². The number of benzene rings is 2. The highest BCUT2D eigenvalue weighted by molar-refractivity contribution is 8.18. The molecule has 0 atom stereocenters. The van der Waals surface area contributed by atoms with E-state index in [1.165, 1.54) is 6.08 Å². The molecule has 0 saturated carbocycles. The normalized spacial score (nSPS) is 14.9. The van der Waals surface area contributed by atoms with Gasteiger partial charge in [0.25, 0.3) is 11.1 Å². The van der Waals surface area contributed by atoms with Crippen molar-refractivity contribution in [2.45, 2.75) is 20.8 Å². The summed E-state index contributed by atoms with van der Waals surface area (Å²) in [6, 6.07) is 12.5. The second-order valence-electron chi connectivity index (χ2n) is 7.89. The molecular formula is C25H20Cl2N2O4S. The molecule has 1 aliphatic rings. The van der Waals surface area contributed by atoms with Gasteiger partial charge in [0.15, 0.2) is 0 Å². The van der Waals surface area contributed by atoms with E-state index in [-0.39, 0.29) is 11.4 Å². The zero-order chi connectivity index (χ0) is 24.6. The van der Waals surface area contributed by atoms with Gasteiger partial charge in [-0.15, -0.1) is 0 Å². The van der Waals surface area contributed by atoms with Crippen molar-refractivity contribution in [2.24, 2.45) is 0 Å². The van der Waals surface area contributed by atoms with Gasteiger partial charge < -0.3 is 9.73 Å². The van der Waals surface area contributed by atoms with Gasteiger partial charge in [-0.3, -0.25) is 19.3 Å². The number of rotatable bonds is 5. The van der Waals surface area contributed by atoms with Crippen molar-refractivity contribution < 1.29 is 18.8 Å². The van der Waals surface area contributed by atoms with Gasteiger partial charge in [0.1, 0.15) is 18.1 Å². The Bertz CT molecular complexity index is 1340. The van der Waals surface area contributed by atoms with Crippen molar-refractivity contribution in [3.8, 4) is 11.3 Å². The Labute approximate surface area is 210 Å². The van der Waals surface area contributed by atoms with Crippen LogP contribution in [0.4, 0.5) is 10.5 Å². The van der Waals surface area contributed by atoms with E-state index in [0.717, 1.165) is 33.4 Å². The minimum atomic E-state index is -0.554. The smallest absolute Gasteiger partial charge is 0.294 e. The van der Waals surface area contributed by atoms with Crippen LogP contribution >= 0.6 is 35.0 Å². The minimum absolute atomic E-state index is 0.165. The fourth-order valence-corrected chi connectivity index (χ4v) is 4.95. The zero-order valence-corrected chi connectivity index (χ0v) is 20.9. The number of hydrogen-bond donors (Lipinski definition) is 1. The van der Waals surface area contributed by atoms with Gasteiger partial charge in [-0.05, 0) is 67.9 Å². The minimum Gasteiger partial charge on any atom is -0.457 e. The van der Waals surface area contributed by atoms with Crippen LogP contribution < -0.4 is 5.32 Å². The van der Waals surface area contributed by atoms with Gasteiger partial charge in [-0.25, -0.2) is 0 Å². The highest BCUT2D eigenvalue weighted by Crippen LogP contribution is 2.36. The third-order valence-corrected chi connectivity index (χ3v) is 6.96. The lowest BCUT2D eigenvalue weighted by Gasteiger charge is -2.15. The van der Waals surface area contributed by atoms with E-state index in [1.807, 2.05) is 32.9 Å². The average Bonchev–Trinajstić information content (AvgIpc) is 3.33. The van der Waals surface area contributed by atoms with Crippen molar-refractivity contribution in [2.75, 3.05) is 11.9 Å². The molecule has 1 aromatic heterocycles. The maximum absolute atomic E-state index is 12.8. The average molecular weight is 515 g/mol. The first-order valence-electron chi connectivity index (χ1n) is 10.3. The van der Waals surface area contributed by atoms with Crippen molar-refractivity contribution >= 4 is 63.8 Å². The van der Waals surface area contributed by atoms with Crippen LogP contribution in [0.25, 0.3) is 17.4 Å². The number of thioether (sulfide) groups is 1. The molecule has 1 N–H and O–H groups in total. The van der Waals surface area contributed by atoms with E-state index in [2.05, 4.69) is 5.32 Å². The number of halogens is 2. The second kappa shape index (κ2) is 9.70. The van der Waals surface area contributed by atoms with Crippen LogP contribution in [0.5, 0.6) is 0 Å². The monoisotopic (exact) mass is 514 g/mol. The second-order valence-corrected chi connectivity index (χ2v) is 9.67. The number of nitrogens with one attached hydrogen (secondary N) is 1. The van der Waals surface area contributed by atoms with E-state index in [1.54, 1.807) is 30.3 Å². The quantitative estimate of drug-likeness (QED) is 0.376. The van der Waals surface area contributed by atoms with Crippen LogP contribution in [0, 0.1) is 20.8 Å². The van der Waals surface area contributed by atoms with Crippen molar-refractivity contribution in [3.05, 3.63) is 79.9 Å². The summed E-state index contributed by atoms with van der Waals surface area (Å²) in [5, 5.41) is 3.05. The summed E-state index contributed by atoms with van der Waals surface area (Å²) in [7, 11) is 0. The molecule has 1 saturated heterocycles. The summed E-state index contributed by atoms with van der Waals surface area (Å²) in [5.41, 5.74) is 4.20. The van der Waals surface area contributed by atoms with Gasteiger partial charge in [0.2, 0.25) is 5.91 Å². The molecule has 0 radical (unpaired) electrons. The van der Waals surface area contributed by atoms with Crippen molar-refractivity contribution in [1.29, 1.82) is 0 Å². The zero-order valence-electron chi connectivity index (χ0n) is 18.6. The number of nitrogens with zero attached hydrogens (tertiary/aromatic N) is 1. The summed E-state index contributed by atoms with van der Waals surface area (Å²) in [5.74, 6) is -0.163. The summed E-state index contributed by atoms with van der Waals surface area (Å²) >= 11 is 13.1. The molecule has 3 amide bonds. The highest BCUT2D eigenvalue weighted by atomic mass is 35.5. The third-order valence-electron chi connectivity index (χ3n) is 5.23. The molecule has 4 rings (SSSR count). The molecule has 174 valence electrons. The number of anilines is 1. The van der Waals surface area contributed by atoms with Gasteiger partial charge >= 0.3 is 0 Å². The van der Waals surface area contributed by atoms with E-state index < -0.39 is 17.1 Å². The molecule has 2 aromatic carbocycles. The SMILES string of the molecule is Cc1cc(C)c(NC(=O)CN2C(=O)S/C(=C/c3ccc(-c4cccc(Cl)c4Cl)o3)C2=O)c(C)c1. The molecule has 0 unspecified atom stereocenters. The van der Waals surface area contributed by atoms with Gasteiger partial charge in [-0.2, -0.15) is 0 Å². The van der Waals surface area contributed by atoms with Crippen LogP contribution in [-0.4, -0.2) is 28.5 Å². The molecule has 0 bridgehead atoms. The fraction of sp³-hybridized carbons (Fsp3) is 0.160. The lowest BCUT2D eigenvalue weighted by Crippen LogP contribution is -2.36. The third kappa shape index (κ3) is 4.92. The summed E-state index contributed by atoms with van der Waals surface area (Å²) in [6.07, 6.45) is 1.47. The van der Waals surface area contributed by atoms with E-state index in [9.17, 15) is 14.4 Å². The first kappa shape index (κ1) is 24.1. The molecule has 1 fully saturated rings. The number of furan rings is 1. The summed E-state index contributed by atoms with van der Waals surface area (Å²) < 4.78 is 5.79. The summed E-state index contributed by atoms with van der Waals surface area (Å²) in [6.45, 7) is 5.39. The Hall–Kier alpha value is -3.00. The number of carbonyl (C=O) groups is 3. The standard InChI is InChI=1S/C25H20Cl2N2O4S/c1-13-9-14(2)23(15(3)10-13)28-21(30)12-29-24(31)20(34-25(29)32)11-16-7-8-19(33-16)17-5-4-6-18(26)22(17)27/h4-11H,12H2,1-3H3,(H,28,30)/b20-11+. The van der Waals surface area contributed by atoms with Crippen LogP contribution in [-0.2, 0) is 9.59 Å². The van der Waals surface area contributed by atoms with Crippen LogP contribution in [0.3, 0.4) is 0 Å². The van der Waals surface area contributed by atoms with Crippen LogP contribution in [0.15, 0.2) is 51.8 Å². The topological polar surface area (TPSA) is 79.6 Å². The maximum atomic E-state index is 12.8. The first-order chi connectivity index (χ1) is 16.1. The number of aryl methyl sites for hydroxylation is 3. The molecule has 3 aromatic rings. The highest BCUT2D eigenvalue weighted by Gasteiger charge is 2.36. The molecular weight excluding hydrogens is 495 g/mol. The Kier molecular flexibility index (Phi) is 6.89. The Balaban J connectivity index is 1.48. The lowest BCUT2D eigenvalue weighted by atomic mass is 10.1. The summed E-state index contributed by atoms with van der Waals surface area (Å²) in [4.78, 5) is 39.0. The van der Waals surface area contributed by atoms with E-state index >= 15 is 0 Å². The van der Waals surface area contributed by atoms with Gasteiger partial charge in [0, 0.05) is 17.3 Å². The molecule has 2 heterocycles. The number of amides is 3. The largest absolute Gasteiger partial charge is 0.457 e. The Morgan fingerprint density at radius 1 is 1.09 bits per heavy atom. The number of carbonyl (C=O) groups excluding carboxylic acids is 3. The van der Waals surface area contributed by atoms with Crippen molar-refractivity contribution in [1.82, 2.24) is 4.90 Å². The first-order valence-corrected chi connectivity index (χ1v) is 11.9.